The Morgan fingerprint density at radius 1 is 0.679 bits per heavy atom. The third-order valence-corrected chi connectivity index (χ3v) is 8.70. The fourth-order valence-corrected chi connectivity index (χ4v) is 5.60. The Labute approximate surface area is 174 Å². The summed E-state index contributed by atoms with van der Waals surface area (Å²) < 4.78 is 13.2. The van der Waals surface area contributed by atoms with Gasteiger partial charge >= 0.3 is 0 Å². The van der Waals surface area contributed by atoms with Gasteiger partial charge in [-0.3, -0.25) is 0 Å². The predicted octanol–water partition coefficient (Wildman–Crippen LogP) is 7.73. The molecule has 0 N–H and O–H groups in total. The van der Waals surface area contributed by atoms with Gasteiger partial charge < -0.3 is 8.85 Å². The van der Waals surface area contributed by atoms with Gasteiger partial charge in [-0.15, -0.1) is 0 Å². The average Bonchev–Trinajstić information content (AvgIpc) is 2.67. The fraction of sp³-hybridized carbons (Fsp3) is 0.500. The van der Waals surface area contributed by atoms with Gasteiger partial charge in [0.2, 0.25) is 0 Å². The van der Waals surface area contributed by atoms with Gasteiger partial charge in [0, 0.05) is 0 Å². The monoisotopic (exact) mass is 414 g/mol. The first-order valence-electron chi connectivity index (χ1n) is 10.7. The molecule has 0 aliphatic rings. The van der Waals surface area contributed by atoms with Gasteiger partial charge in [-0.05, 0) is 69.2 Å². The van der Waals surface area contributed by atoms with Crippen LogP contribution in [0, 0.1) is 0 Å². The molecule has 0 spiro atoms. The molecule has 0 aliphatic heterocycles. The van der Waals surface area contributed by atoms with Gasteiger partial charge in [-0.25, -0.2) is 0 Å². The van der Waals surface area contributed by atoms with Crippen molar-refractivity contribution < 1.29 is 8.85 Å². The van der Waals surface area contributed by atoms with E-state index in [1.165, 1.54) is 11.1 Å². The molecule has 2 aromatic carbocycles. The Morgan fingerprint density at radius 2 is 1.11 bits per heavy atom. The van der Waals surface area contributed by atoms with Crippen LogP contribution in [0.25, 0.3) is 0 Å². The van der Waals surface area contributed by atoms with E-state index >= 15 is 0 Å². The van der Waals surface area contributed by atoms with Crippen LogP contribution in [-0.2, 0) is 8.85 Å². The van der Waals surface area contributed by atoms with E-state index in [0.29, 0.717) is 0 Å². The minimum Gasteiger partial charge on any atom is -0.411 e. The molecule has 0 aliphatic carbocycles. The number of hydrogen-bond donors (Lipinski definition) is 0. The van der Waals surface area contributed by atoms with Crippen molar-refractivity contribution in [3.8, 4) is 0 Å². The Morgan fingerprint density at radius 3 is 1.50 bits per heavy atom. The highest BCUT2D eigenvalue weighted by atomic mass is 28.4. The number of rotatable bonds is 11. The molecule has 0 bridgehead atoms. The number of benzene rings is 2. The third-order valence-electron chi connectivity index (χ3n) is 5.08. The molecule has 0 fully saturated rings. The minimum absolute atomic E-state index is 0.181. The first-order valence-corrected chi connectivity index (χ1v) is 17.2. The molecule has 2 unspecified atom stereocenters. The Balaban J connectivity index is 2.07. The van der Waals surface area contributed by atoms with E-state index in [4.69, 9.17) is 8.85 Å². The second kappa shape index (κ2) is 10.5. The molecular weight excluding hydrogens is 376 g/mol. The molecule has 154 valence electrons. The lowest BCUT2D eigenvalue weighted by Gasteiger charge is -2.30. The lowest BCUT2D eigenvalue weighted by Crippen LogP contribution is -2.31. The molecule has 2 aromatic rings. The van der Waals surface area contributed by atoms with Crippen LogP contribution >= 0.6 is 0 Å². The third kappa shape index (κ3) is 8.04. The summed E-state index contributed by atoms with van der Waals surface area (Å²) in [5.74, 6) is 0. The molecule has 0 saturated heterocycles. The van der Waals surface area contributed by atoms with Crippen molar-refractivity contribution in [3.05, 3.63) is 71.8 Å². The zero-order chi connectivity index (χ0) is 20.6. The van der Waals surface area contributed by atoms with Crippen molar-refractivity contribution in [2.75, 3.05) is 0 Å². The van der Waals surface area contributed by atoms with Gasteiger partial charge in [0.05, 0.1) is 12.2 Å². The van der Waals surface area contributed by atoms with E-state index in [1.54, 1.807) is 0 Å². The van der Waals surface area contributed by atoms with Crippen LogP contribution in [0.1, 0.15) is 49.5 Å². The largest absolute Gasteiger partial charge is 0.411 e. The Bertz CT molecular complexity index is 681. The molecular formula is C24H38O2Si2. The molecule has 0 aromatic heterocycles. The Hall–Kier alpha value is -1.21. The summed E-state index contributed by atoms with van der Waals surface area (Å²) in [5.41, 5.74) is 2.60. The lowest BCUT2D eigenvalue weighted by atomic mass is 9.99. The molecule has 2 nitrogen and oxygen atoms in total. The SMILES string of the molecule is CC[Si](C)(C)OC(CCCC(O[Si](C)(C)C)c1ccccc1)c1ccccc1. The molecule has 0 radical (unpaired) electrons. The maximum Gasteiger partial charge on any atom is 0.187 e. The maximum atomic E-state index is 6.67. The lowest BCUT2D eigenvalue weighted by molar-refractivity contribution is 0.153. The smallest absolute Gasteiger partial charge is 0.187 e. The van der Waals surface area contributed by atoms with Crippen molar-refractivity contribution in [1.82, 2.24) is 0 Å². The molecule has 4 heteroatoms. The van der Waals surface area contributed by atoms with E-state index in [9.17, 15) is 0 Å². The van der Waals surface area contributed by atoms with E-state index < -0.39 is 16.6 Å². The molecule has 2 rings (SSSR count). The standard InChI is InChI=1S/C24H38O2Si2/c1-7-28(5,6)26-24(22-17-12-9-13-18-22)20-14-19-23(25-27(2,3)4)21-15-10-8-11-16-21/h8-13,15-18,23-24H,7,14,19-20H2,1-6H3. The van der Waals surface area contributed by atoms with Gasteiger partial charge in [-0.1, -0.05) is 67.6 Å². The molecule has 0 saturated carbocycles. The topological polar surface area (TPSA) is 18.5 Å². The highest BCUT2D eigenvalue weighted by molar-refractivity contribution is 6.71. The van der Waals surface area contributed by atoms with Crippen molar-refractivity contribution in [2.45, 2.75) is 77.2 Å². The van der Waals surface area contributed by atoms with Gasteiger partial charge in [0.1, 0.15) is 0 Å². The van der Waals surface area contributed by atoms with Crippen LogP contribution in [0.4, 0.5) is 0 Å². The number of hydrogen-bond acceptors (Lipinski definition) is 2. The summed E-state index contributed by atoms with van der Waals surface area (Å²) in [7, 11) is -3.24. The minimum atomic E-state index is -1.63. The summed E-state index contributed by atoms with van der Waals surface area (Å²) in [6.07, 6.45) is 3.54. The van der Waals surface area contributed by atoms with Crippen LogP contribution in [0.5, 0.6) is 0 Å². The van der Waals surface area contributed by atoms with Crippen LogP contribution < -0.4 is 0 Å². The normalized spacial score (nSPS) is 14.6. The molecule has 0 amide bonds. The van der Waals surface area contributed by atoms with Crippen molar-refractivity contribution in [1.29, 1.82) is 0 Å². The second-order valence-corrected chi connectivity index (χ2v) is 18.1. The van der Waals surface area contributed by atoms with Crippen molar-refractivity contribution in [3.63, 3.8) is 0 Å². The predicted molar refractivity (Wildman–Crippen MR) is 126 cm³/mol. The Kier molecular flexibility index (Phi) is 8.68. The zero-order valence-corrected chi connectivity index (χ0v) is 20.6. The maximum absolute atomic E-state index is 6.67. The highest BCUT2D eigenvalue weighted by Crippen LogP contribution is 2.32. The van der Waals surface area contributed by atoms with Crippen molar-refractivity contribution in [2.24, 2.45) is 0 Å². The van der Waals surface area contributed by atoms with Crippen molar-refractivity contribution >= 4 is 16.6 Å². The van der Waals surface area contributed by atoms with Crippen LogP contribution in [0.15, 0.2) is 60.7 Å². The summed E-state index contributed by atoms with van der Waals surface area (Å²) in [6.45, 7) is 13.7. The fourth-order valence-electron chi connectivity index (χ4n) is 3.31. The summed E-state index contributed by atoms with van der Waals surface area (Å²) in [6, 6.07) is 22.6. The first kappa shape index (κ1) is 23.1. The highest BCUT2D eigenvalue weighted by Gasteiger charge is 2.27. The van der Waals surface area contributed by atoms with E-state index in [-0.39, 0.29) is 12.2 Å². The molecule has 0 heterocycles. The molecule has 28 heavy (non-hydrogen) atoms. The van der Waals surface area contributed by atoms with E-state index in [1.807, 2.05) is 0 Å². The first-order chi connectivity index (χ1) is 13.2. The summed E-state index contributed by atoms with van der Waals surface area (Å²) in [5, 5.41) is 0. The zero-order valence-electron chi connectivity index (χ0n) is 18.6. The van der Waals surface area contributed by atoms with Crippen LogP contribution in [-0.4, -0.2) is 16.6 Å². The summed E-state index contributed by atoms with van der Waals surface area (Å²) >= 11 is 0. The van der Waals surface area contributed by atoms with E-state index in [0.717, 1.165) is 25.3 Å². The average molecular weight is 415 g/mol. The van der Waals surface area contributed by atoms with Gasteiger partial charge in [-0.2, -0.15) is 0 Å². The quantitative estimate of drug-likeness (QED) is 0.350. The van der Waals surface area contributed by atoms with Crippen LogP contribution in [0.3, 0.4) is 0 Å². The molecule has 2 atom stereocenters. The second-order valence-electron chi connectivity index (χ2n) is 9.19. The van der Waals surface area contributed by atoms with Gasteiger partial charge in [0.15, 0.2) is 16.6 Å². The van der Waals surface area contributed by atoms with Crippen LogP contribution in [0.2, 0.25) is 38.8 Å². The summed E-state index contributed by atoms with van der Waals surface area (Å²) in [4.78, 5) is 0. The van der Waals surface area contributed by atoms with Gasteiger partial charge in [0.25, 0.3) is 0 Å². The van der Waals surface area contributed by atoms with E-state index in [2.05, 4.69) is 100 Å².